The molecule has 19 heavy (non-hydrogen) atoms. The van der Waals surface area contributed by atoms with Gasteiger partial charge >= 0.3 is 7.12 Å². The Labute approximate surface area is 111 Å². The minimum absolute atomic E-state index is 0.212. The molecule has 1 fully saturated rings. The summed E-state index contributed by atoms with van der Waals surface area (Å²) < 4.78 is 11.5. The lowest BCUT2D eigenvalue weighted by Crippen LogP contribution is -2.45. The quantitative estimate of drug-likeness (QED) is 0.721. The fraction of sp³-hybridized carbons (Fsp3) is 0.500. The van der Waals surface area contributed by atoms with E-state index in [1.807, 2.05) is 27.7 Å². The molecule has 1 saturated heterocycles. The number of hydrogen-bond acceptors (Lipinski definition) is 4. The van der Waals surface area contributed by atoms with Crippen molar-refractivity contribution in [2.24, 2.45) is 5.73 Å². The lowest BCUT2D eigenvalue weighted by molar-refractivity contribution is 0.00578. The summed E-state index contributed by atoms with van der Waals surface area (Å²) in [5, 5.41) is 0. The number of hydrogen-bond donors (Lipinski definition) is 2. The van der Waals surface area contributed by atoms with Crippen LogP contribution in [0.3, 0.4) is 0 Å². The van der Waals surface area contributed by atoms with Gasteiger partial charge in [0, 0.05) is 11.7 Å². The zero-order valence-electron chi connectivity index (χ0n) is 11.4. The van der Waals surface area contributed by atoms with Gasteiger partial charge in [0.2, 0.25) is 11.5 Å². The number of aromatic nitrogens is 1. The summed E-state index contributed by atoms with van der Waals surface area (Å²) in [6.45, 7) is 7.55. The van der Waals surface area contributed by atoms with Crippen molar-refractivity contribution in [3.05, 3.63) is 28.2 Å². The molecule has 0 bridgehead atoms. The number of nitrogens with two attached hydrogens (primary N) is 1. The third-order valence-corrected chi connectivity index (χ3v) is 3.72. The van der Waals surface area contributed by atoms with Crippen LogP contribution < -0.4 is 16.8 Å². The number of aromatic amines is 1. The van der Waals surface area contributed by atoms with Crippen LogP contribution in [0.15, 0.2) is 17.1 Å². The van der Waals surface area contributed by atoms with E-state index in [1.54, 1.807) is 0 Å². The summed E-state index contributed by atoms with van der Waals surface area (Å²) in [5.41, 5.74) is 4.20. The van der Waals surface area contributed by atoms with Gasteiger partial charge in [0.05, 0.1) is 16.8 Å². The monoisotopic (exact) mass is 264 g/mol. The van der Waals surface area contributed by atoms with Crippen molar-refractivity contribution < 1.29 is 14.1 Å². The van der Waals surface area contributed by atoms with Crippen molar-refractivity contribution in [2.75, 3.05) is 0 Å². The number of amides is 1. The van der Waals surface area contributed by atoms with Crippen molar-refractivity contribution in [3.63, 3.8) is 0 Å². The van der Waals surface area contributed by atoms with Gasteiger partial charge in [-0.1, -0.05) is 0 Å². The van der Waals surface area contributed by atoms with Crippen LogP contribution in [0.2, 0.25) is 0 Å². The predicted octanol–water partition coefficient (Wildman–Crippen LogP) is -0.227. The standard InChI is InChI=1S/C12H17BN2O4/c1-11(2)12(3,4)19-13(18-11)8-5-7(9(14)16)6-15-10(8)17/h5-6H,1-4H3,(H2,14,16)(H,15,17). The average Bonchev–Trinajstić information content (AvgIpc) is 2.48. The molecule has 1 aliphatic rings. The largest absolute Gasteiger partial charge is 0.500 e. The molecule has 102 valence electrons. The molecule has 0 saturated carbocycles. The van der Waals surface area contributed by atoms with E-state index in [0.29, 0.717) is 0 Å². The maximum atomic E-state index is 11.8. The summed E-state index contributed by atoms with van der Waals surface area (Å²) in [5.74, 6) is -0.617. The van der Waals surface area contributed by atoms with Crippen molar-refractivity contribution in [1.82, 2.24) is 4.98 Å². The Balaban J connectivity index is 2.42. The highest BCUT2D eigenvalue weighted by molar-refractivity contribution is 6.62. The summed E-state index contributed by atoms with van der Waals surface area (Å²) in [7, 11) is -0.812. The highest BCUT2D eigenvalue weighted by atomic mass is 16.7. The number of nitrogens with one attached hydrogen (secondary N) is 1. The van der Waals surface area contributed by atoms with Gasteiger partial charge < -0.3 is 20.0 Å². The SMILES string of the molecule is CC1(C)OB(c2cc(C(N)=O)c[nH]c2=O)OC1(C)C. The molecule has 0 radical (unpaired) electrons. The molecule has 3 N–H and O–H groups in total. The Morgan fingerprint density at radius 1 is 1.26 bits per heavy atom. The third kappa shape index (κ3) is 2.31. The maximum absolute atomic E-state index is 11.8. The van der Waals surface area contributed by atoms with Gasteiger partial charge in [0.1, 0.15) is 0 Å². The molecule has 6 nitrogen and oxygen atoms in total. The minimum atomic E-state index is -0.812. The van der Waals surface area contributed by atoms with Crippen LogP contribution in [0, 0.1) is 0 Å². The summed E-state index contributed by atoms with van der Waals surface area (Å²) >= 11 is 0. The maximum Gasteiger partial charge on any atom is 0.500 e. The molecule has 1 aliphatic heterocycles. The molecule has 2 rings (SSSR count). The van der Waals surface area contributed by atoms with Gasteiger partial charge in [-0.25, -0.2) is 0 Å². The van der Waals surface area contributed by atoms with E-state index in [9.17, 15) is 9.59 Å². The van der Waals surface area contributed by atoms with Crippen LogP contribution in [0.5, 0.6) is 0 Å². The molecule has 2 heterocycles. The first kappa shape index (κ1) is 13.8. The number of H-pyrrole nitrogens is 1. The first-order chi connectivity index (χ1) is 8.64. The van der Waals surface area contributed by atoms with Crippen molar-refractivity contribution in [2.45, 2.75) is 38.9 Å². The highest BCUT2D eigenvalue weighted by Gasteiger charge is 2.52. The van der Waals surface area contributed by atoms with E-state index >= 15 is 0 Å². The number of primary amides is 1. The lowest BCUT2D eigenvalue weighted by atomic mass is 9.79. The average molecular weight is 264 g/mol. The van der Waals surface area contributed by atoms with E-state index in [-0.39, 0.29) is 16.6 Å². The van der Waals surface area contributed by atoms with Gasteiger partial charge in [-0.05, 0) is 33.8 Å². The Morgan fingerprint density at radius 3 is 2.26 bits per heavy atom. The number of rotatable bonds is 2. The Morgan fingerprint density at radius 2 is 1.79 bits per heavy atom. The van der Waals surface area contributed by atoms with E-state index in [4.69, 9.17) is 15.0 Å². The fourth-order valence-electron chi connectivity index (χ4n) is 1.79. The molecule has 1 aromatic heterocycles. The van der Waals surface area contributed by atoms with Gasteiger partial charge in [-0.2, -0.15) is 0 Å². The second kappa shape index (κ2) is 4.21. The number of carbonyl (C=O) groups excluding carboxylic acids is 1. The van der Waals surface area contributed by atoms with Crippen molar-refractivity contribution in [1.29, 1.82) is 0 Å². The first-order valence-electron chi connectivity index (χ1n) is 6.02. The molecule has 0 aliphatic carbocycles. The van der Waals surface area contributed by atoms with Crippen LogP contribution in [0.4, 0.5) is 0 Å². The molecule has 1 aromatic rings. The molecular formula is C12H17BN2O4. The molecule has 7 heteroatoms. The summed E-state index contributed by atoms with van der Waals surface area (Å²) in [6, 6.07) is 1.41. The second-order valence-corrected chi connectivity index (χ2v) is 5.63. The van der Waals surface area contributed by atoms with Crippen LogP contribution in [0.25, 0.3) is 0 Å². The van der Waals surface area contributed by atoms with E-state index in [0.717, 1.165) is 0 Å². The first-order valence-corrected chi connectivity index (χ1v) is 6.02. The van der Waals surface area contributed by atoms with E-state index < -0.39 is 24.2 Å². The Hall–Kier alpha value is -1.60. The highest BCUT2D eigenvalue weighted by Crippen LogP contribution is 2.36. The Bertz CT molecular complexity index is 563. The zero-order chi connectivity index (χ0) is 14.4. The van der Waals surface area contributed by atoms with Crippen LogP contribution in [-0.2, 0) is 9.31 Å². The van der Waals surface area contributed by atoms with Crippen LogP contribution >= 0.6 is 0 Å². The van der Waals surface area contributed by atoms with E-state index in [1.165, 1.54) is 12.3 Å². The van der Waals surface area contributed by atoms with Crippen molar-refractivity contribution in [3.8, 4) is 0 Å². The van der Waals surface area contributed by atoms with Gasteiger partial charge in [0.15, 0.2) is 0 Å². The van der Waals surface area contributed by atoms with Crippen molar-refractivity contribution >= 4 is 18.5 Å². The van der Waals surface area contributed by atoms with Crippen LogP contribution in [-0.4, -0.2) is 29.2 Å². The normalized spacial score (nSPS) is 20.5. The second-order valence-electron chi connectivity index (χ2n) is 5.63. The summed E-state index contributed by atoms with van der Waals surface area (Å²) in [4.78, 5) is 25.5. The van der Waals surface area contributed by atoms with Crippen LogP contribution in [0.1, 0.15) is 38.1 Å². The van der Waals surface area contributed by atoms with Gasteiger partial charge in [-0.15, -0.1) is 0 Å². The topological polar surface area (TPSA) is 94.4 Å². The molecule has 1 amide bonds. The fourth-order valence-corrected chi connectivity index (χ4v) is 1.79. The molecule has 0 spiro atoms. The molecular weight excluding hydrogens is 247 g/mol. The summed E-state index contributed by atoms with van der Waals surface area (Å²) in [6.07, 6.45) is 1.28. The molecule has 0 atom stereocenters. The van der Waals surface area contributed by atoms with E-state index in [2.05, 4.69) is 4.98 Å². The number of pyridine rings is 1. The minimum Gasteiger partial charge on any atom is -0.399 e. The smallest absolute Gasteiger partial charge is 0.399 e. The number of carbonyl (C=O) groups is 1. The lowest BCUT2D eigenvalue weighted by Gasteiger charge is -2.32. The predicted molar refractivity (Wildman–Crippen MR) is 71.3 cm³/mol. The molecule has 0 unspecified atom stereocenters. The Kier molecular flexibility index (Phi) is 3.06. The third-order valence-electron chi connectivity index (χ3n) is 3.72. The van der Waals surface area contributed by atoms with Gasteiger partial charge in [0.25, 0.3) is 0 Å². The van der Waals surface area contributed by atoms with Gasteiger partial charge in [-0.3, -0.25) is 9.59 Å². The zero-order valence-corrected chi connectivity index (χ0v) is 11.4. The molecule has 0 aromatic carbocycles.